The molecule has 0 unspecified atom stereocenters. The lowest BCUT2D eigenvalue weighted by atomic mass is 10.2. The number of hydrogen-bond donors (Lipinski definition) is 1. The number of aromatic nitrogens is 4. The van der Waals surface area contributed by atoms with Crippen molar-refractivity contribution in [3.05, 3.63) is 76.0 Å². The zero-order chi connectivity index (χ0) is 24.2. The Morgan fingerprint density at radius 3 is 2.68 bits per heavy atom. The van der Waals surface area contributed by atoms with Crippen molar-refractivity contribution < 1.29 is 13.9 Å². The van der Waals surface area contributed by atoms with Crippen LogP contribution in [-0.2, 0) is 17.9 Å². The molecule has 2 aromatic heterocycles. The molecule has 0 aliphatic rings. The van der Waals surface area contributed by atoms with Crippen LogP contribution in [0, 0.1) is 12.7 Å². The molecule has 1 amide bonds. The van der Waals surface area contributed by atoms with Crippen molar-refractivity contribution in [2.24, 2.45) is 0 Å². The summed E-state index contributed by atoms with van der Waals surface area (Å²) in [6, 6.07) is 13.0. The van der Waals surface area contributed by atoms with Gasteiger partial charge in [-0.15, -0.1) is 0 Å². The summed E-state index contributed by atoms with van der Waals surface area (Å²) >= 11 is 1.16. The predicted octanol–water partition coefficient (Wildman–Crippen LogP) is 3.85. The van der Waals surface area contributed by atoms with Crippen LogP contribution in [0.2, 0.25) is 0 Å². The summed E-state index contributed by atoms with van der Waals surface area (Å²) in [5, 5.41) is 7.64. The smallest absolute Gasteiger partial charge is 0.280 e. The highest BCUT2D eigenvalue weighted by Gasteiger charge is 2.19. The van der Waals surface area contributed by atoms with E-state index in [1.807, 2.05) is 6.92 Å². The number of anilines is 1. The van der Waals surface area contributed by atoms with Gasteiger partial charge in [-0.2, -0.15) is 5.10 Å². The van der Waals surface area contributed by atoms with Crippen LogP contribution >= 0.6 is 11.8 Å². The molecule has 2 heterocycles. The molecule has 0 saturated heterocycles. The topological polar surface area (TPSA) is 91.0 Å². The van der Waals surface area contributed by atoms with E-state index < -0.39 is 0 Å². The highest BCUT2D eigenvalue weighted by atomic mass is 32.2. The van der Waals surface area contributed by atoms with E-state index in [0.29, 0.717) is 39.9 Å². The highest BCUT2D eigenvalue weighted by molar-refractivity contribution is 7.99. The third kappa shape index (κ3) is 4.96. The van der Waals surface area contributed by atoms with Gasteiger partial charge in [0.15, 0.2) is 10.7 Å². The second-order valence-corrected chi connectivity index (χ2v) is 8.52. The molecule has 2 aromatic carbocycles. The number of thioether (sulfide) groups is 1. The first-order valence-corrected chi connectivity index (χ1v) is 11.7. The van der Waals surface area contributed by atoms with Crippen molar-refractivity contribution in [1.29, 1.82) is 0 Å². The van der Waals surface area contributed by atoms with E-state index in [1.165, 1.54) is 16.7 Å². The van der Waals surface area contributed by atoms with Gasteiger partial charge in [0.2, 0.25) is 5.91 Å². The molecule has 176 valence electrons. The van der Waals surface area contributed by atoms with Gasteiger partial charge in [0.25, 0.3) is 5.56 Å². The number of rotatable bonds is 8. The number of hydrogen-bond acceptors (Lipinski definition) is 6. The van der Waals surface area contributed by atoms with E-state index in [-0.39, 0.29) is 29.6 Å². The summed E-state index contributed by atoms with van der Waals surface area (Å²) in [6.45, 7) is 4.42. The maximum atomic E-state index is 13.5. The fourth-order valence-corrected chi connectivity index (χ4v) is 4.36. The lowest BCUT2D eigenvalue weighted by Gasteiger charge is -2.13. The first-order valence-electron chi connectivity index (χ1n) is 10.7. The van der Waals surface area contributed by atoms with Crippen LogP contribution in [0.25, 0.3) is 11.0 Å². The fraction of sp³-hybridized carbons (Fsp3) is 0.250. The predicted molar refractivity (Wildman–Crippen MR) is 130 cm³/mol. The summed E-state index contributed by atoms with van der Waals surface area (Å²) in [5.41, 5.74) is 2.66. The molecule has 0 aliphatic carbocycles. The number of halogens is 1. The van der Waals surface area contributed by atoms with Crippen LogP contribution in [0.3, 0.4) is 0 Å². The molecule has 4 aromatic rings. The van der Waals surface area contributed by atoms with Gasteiger partial charge < -0.3 is 10.1 Å². The minimum absolute atomic E-state index is 0.0412. The number of methoxy groups -OCH3 is 1. The molecular weight excluding hydrogens is 457 g/mol. The van der Waals surface area contributed by atoms with Crippen LogP contribution in [0.5, 0.6) is 5.75 Å². The molecule has 0 spiro atoms. The van der Waals surface area contributed by atoms with Crippen molar-refractivity contribution in [2.75, 3.05) is 18.2 Å². The number of amides is 1. The molecule has 0 radical (unpaired) electrons. The number of ether oxygens (including phenoxy) is 1. The molecular formula is C24H24FN5O3S. The van der Waals surface area contributed by atoms with Crippen molar-refractivity contribution in [1.82, 2.24) is 19.3 Å². The first kappa shape index (κ1) is 23.5. The molecule has 0 fully saturated rings. The SMILES string of the molecule is CCn1nc(C)c2nc(SCC(=O)Nc3cccc(OC)c3)n(Cc3ccc(F)cc3)c(=O)c21. The monoisotopic (exact) mass is 481 g/mol. The summed E-state index contributed by atoms with van der Waals surface area (Å²) in [6.07, 6.45) is 0. The van der Waals surface area contributed by atoms with Gasteiger partial charge in [-0.3, -0.25) is 18.8 Å². The molecule has 8 nitrogen and oxygen atoms in total. The van der Waals surface area contributed by atoms with Gasteiger partial charge in [0, 0.05) is 18.3 Å². The van der Waals surface area contributed by atoms with E-state index >= 15 is 0 Å². The van der Waals surface area contributed by atoms with E-state index in [9.17, 15) is 14.0 Å². The van der Waals surface area contributed by atoms with Crippen LogP contribution in [0.15, 0.2) is 58.5 Å². The van der Waals surface area contributed by atoms with Gasteiger partial charge in [-0.25, -0.2) is 9.37 Å². The van der Waals surface area contributed by atoms with Crippen molar-refractivity contribution >= 4 is 34.4 Å². The zero-order valence-corrected chi connectivity index (χ0v) is 19.9. The van der Waals surface area contributed by atoms with Crippen molar-refractivity contribution in [2.45, 2.75) is 32.1 Å². The second kappa shape index (κ2) is 10.1. The van der Waals surface area contributed by atoms with Crippen LogP contribution in [-0.4, -0.2) is 38.1 Å². The average Bonchev–Trinajstić information content (AvgIpc) is 3.16. The molecule has 34 heavy (non-hydrogen) atoms. The summed E-state index contributed by atoms with van der Waals surface area (Å²) in [5.74, 6) is 0.0729. The van der Waals surface area contributed by atoms with E-state index in [0.717, 1.165) is 17.3 Å². The minimum atomic E-state index is -0.354. The quantitative estimate of drug-likeness (QED) is 0.304. The Bertz CT molecular complexity index is 1400. The minimum Gasteiger partial charge on any atom is -0.497 e. The maximum Gasteiger partial charge on any atom is 0.280 e. The Morgan fingerprint density at radius 1 is 1.21 bits per heavy atom. The second-order valence-electron chi connectivity index (χ2n) is 7.58. The van der Waals surface area contributed by atoms with Crippen molar-refractivity contribution in [3.63, 3.8) is 0 Å². The first-order chi connectivity index (χ1) is 16.4. The molecule has 10 heteroatoms. The largest absolute Gasteiger partial charge is 0.497 e. The lowest BCUT2D eigenvalue weighted by molar-refractivity contribution is -0.113. The van der Waals surface area contributed by atoms with Gasteiger partial charge >= 0.3 is 0 Å². The van der Waals surface area contributed by atoms with E-state index in [4.69, 9.17) is 9.72 Å². The third-order valence-corrected chi connectivity index (χ3v) is 6.20. The van der Waals surface area contributed by atoms with Crippen LogP contribution in [0.1, 0.15) is 18.2 Å². The third-order valence-electron chi connectivity index (χ3n) is 5.22. The normalized spacial score (nSPS) is 11.1. The van der Waals surface area contributed by atoms with Gasteiger partial charge in [-0.05, 0) is 43.7 Å². The number of nitrogens with zero attached hydrogens (tertiary/aromatic N) is 4. The Labute approximate surface area is 199 Å². The standard InChI is InChI=1S/C24H24FN5O3S/c1-4-30-22-21(15(2)28-30)27-24(29(23(22)32)13-16-8-10-17(25)11-9-16)34-14-20(31)26-18-6-5-7-19(12-18)33-3/h5-12H,4,13-14H2,1-3H3,(H,26,31). The van der Waals surface area contributed by atoms with Crippen LogP contribution in [0.4, 0.5) is 10.1 Å². The van der Waals surface area contributed by atoms with E-state index in [2.05, 4.69) is 10.4 Å². The molecule has 0 bridgehead atoms. The molecule has 0 saturated carbocycles. The average molecular weight is 482 g/mol. The van der Waals surface area contributed by atoms with E-state index in [1.54, 1.807) is 55.1 Å². The Kier molecular flexibility index (Phi) is 6.97. The Balaban J connectivity index is 1.65. The number of nitrogens with one attached hydrogen (secondary N) is 1. The van der Waals surface area contributed by atoms with Gasteiger partial charge in [0.1, 0.15) is 17.1 Å². The highest BCUT2D eigenvalue weighted by Crippen LogP contribution is 2.22. The summed E-state index contributed by atoms with van der Waals surface area (Å²) in [7, 11) is 1.56. The summed E-state index contributed by atoms with van der Waals surface area (Å²) < 4.78 is 21.7. The number of carbonyl (C=O) groups excluding carboxylic acids is 1. The number of benzene rings is 2. The Hall–Kier alpha value is -3.66. The fourth-order valence-electron chi connectivity index (χ4n) is 3.57. The molecule has 1 N–H and O–H groups in total. The molecule has 0 aliphatic heterocycles. The summed E-state index contributed by atoms with van der Waals surface area (Å²) in [4.78, 5) is 30.8. The maximum absolute atomic E-state index is 13.5. The molecule has 4 rings (SSSR count). The van der Waals surface area contributed by atoms with Gasteiger partial charge in [0.05, 0.1) is 25.1 Å². The number of fused-ring (bicyclic) bond motifs is 1. The molecule has 0 atom stereocenters. The Morgan fingerprint density at radius 2 is 1.97 bits per heavy atom. The van der Waals surface area contributed by atoms with Gasteiger partial charge in [-0.1, -0.05) is 30.0 Å². The zero-order valence-electron chi connectivity index (χ0n) is 19.0. The number of aryl methyl sites for hydroxylation is 2. The van der Waals surface area contributed by atoms with Crippen LogP contribution < -0.4 is 15.6 Å². The van der Waals surface area contributed by atoms with Crippen molar-refractivity contribution in [3.8, 4) is 5.75 Å². The lowest BCUT2D eigenvalue weighted by Crippen LogP contribution is -2.26. The number of carbonyl (C=O) groups is 1.